The minimum atomic E-state index is -0.403. The number of hydrazone groups is 1. The molecule has 7 heteroatoms. The van der Waals surface area contributed by atoms with E-state index < -0.39 is 5.97 Å². The Hall–Kier alpha value is -3.45. The summed E-state index contributed by atoms with van der Waals surface area (Å²) in [6.45, 7) is 1.95. The van der Waals surface area contributed by atoms with Gasteiger partial charge in [-0.15, -0.1) is 11.3 Å². The van der Waals surface area contributed by atoms with E-state index >= 15 is 0 Å². The number of thiophene rings is 1. The maximum absolute atomic E-state index is 13.1. The maximum atomic E-state index is 13.1. The average Bonchev–Trinajstić information content (AvgIpc) is 3.49. The topological polar surface area (TPSA) is 68.2 Å². The molecule has 1 aliphatic heterocycles. The van der Waals surface area contributed by atoms with Crippen LogP contribution in [0.3, 0.4) is 0 Å². The molecule has 0 bridgehead atoms. The summed E-state index contributed by atoms with van der Waals surface area (Å²) < 4.78 is 10.3. The molecule has 0 saturated carbocycles. The van der Waals surface area contributed by atoms with Crippen molar-refractivity contribution in [3.05, 3.63) is 88.1 Å². The van der Waals surface area contributed by atoms with Gasteiger partial charge in [-0.05, 0) is 53.8 Å². The van der Waals surface area contributed by atoms with Crippen molar-refractivity contribution in [3.63, 3.8) is 0 Å². The van der Waals surface area contributed by atoms with Crippen LogP contribution in [0.15, 0.2) is 77.2 Å². The quantitative estimate of drug-likeness (QED) is 0.506. The predicted molar refractivity (Wildman–Crippen MR) is 119 cm³/mol. The Morgan fingerprint density at radius 3 is 2.52 bits per heavy atom. The molecule has 3 aromatic rings. The molecule has 1 amide bonds. The fraction of sp³-hybridized carbons (Fsp3) is 0.208. The number of hydrogen-bond acceptors (Lipinski definition) is 6. The third kappa shape index (κ3) is 4.83. The molecule has 0 unspecified atom stereocenters. The van der Waals surface area contributed by atoms with Crippen LogP contribution in [0.2, 0.25) is 0 Å². The average molecular weight is 435 g/mol. The van der Waals surface area contributed by atoms with E-state index in [-0.39, 0.29) is 18.6 Å². The SMILES string of the molecule is CCOC(=O)COc1ccc(C2=NN(C(=O)c3cccs3)[C@@H](c3ccccc3)C2)cc1. The van der Waals surface area contributed by atoms with E-state index in [1.807, 2.05) is 60.0 Å². The van der Waals surface area contributed by atoms with Crippen molar-refractivity contribution in [1.29, 1.82) is 0 Å². The predicted octanol–water partition coefficient (Wildman–Crippen LogP) is 4.68. The van der Waals surface area contributed by atoms with Gasteiger partial charge in [0.15, 0.2) is 6.61 Å². The number of nitrogens with zero attached hydrogens (tertiary/aromatic N) is 2. The number of amides is 1. The first-order valence-corrected chi connectivity index (χ1v) is 10.9. The van der Waals surface area contributed by atoms with E-state index in [1.165, 1.54) is 11.3 Å². The van der Waals surface area contributed by atoms with Crippen LogP contribution in [0, 0.1) is 0 Å². The molecule has 0 spiro atoms. The van der Waals surface area contributed by atoms with Gasteiger partial charge < -0.3 is 9.47 Å². The van der Waals surface area contributed by atoms with Crippen molar-refractivity contribution in [2.75, 3.05) is 13.2 Å². The maximum Gasteiger partial charge on any atom is 0.344 e. The molecular weight excluding hydrogens is 412 g/mol. The molecule has 0 N–H and O–H groups in total. The van der Waals surface area contributed by atoms with E-state index in [2.05, 4.69) is 0 Å². The zero-order valence-corrected chi connectivity index (χ0v) is 17.9. The molecule has 4 rings (SSSR count). The summed E-state index contributed by atoms with van der Waals surface area (Å²) in [7, 11) is 0. The smallest absolute Gasteiger partial charge is 0.344 e. The standard InChI is InChI=1S/C24H22N2O4S/c1-2-29-23(27)16-30-19-12-10-17(11-13-19)20-15-21(18-7-4-3-5-8-18)26(25-20)24(28)22-9-6-14-31-22/h3-14,21H,2,15-16H2,1H3/t21-/m1/s1. The fourth-order valence-corrected chi connectivity index (χ4v) is 4.06. The molecule has 1 atom stereocenters. The minimum absolute atomic E-state index is 0.103. The number of benzene rings is 2. The van der Waals surface area contributed by atoms with Crippen molar-refractivity contribution in [3.8, 4) is 5.75 Å². The lowest BCUT2D eigenvalue weighted by atomic mass is 9.98. The molecule has 0 radical (unpaired) electrons. The molecule has 0 fully saturated rings. The molecule has 158 valence electrons. The normalized spacial score (nSPS) is 15.5. The van der Waals surface area contributed by atoms with Gasteiger partial charge in [-0.2, -0.15) is 5.10 Å². The zero-order valence-electron chi connectivity index (χ0n) is 17.1. The number of rotatable bonds is 7. The van der Waals surface area contributed by atoms with Crippen LogP contribution in [-0.2, 0) is 9.53 Å². The Bertz CT molecular complexity index is 1060. The van der Waals surface area contributed by atoms with Crippen LogP contribution in [0.5, 0.6) is 5.75 Å². The summed E-state index contributed by atoms with van der Waals surface area (Å²) in [5.74, 6) is 0.0648. The highest BCUT2D eigenvalue weighted by molar-refractivity contribution is 7.12. The van der Waals surface area contributed by atoms with E-state index in [1.54, 1.807) is 24.1 Å². The number of carbonyl (C=O) groups excluding carboxylic acids is 2. The Kier molecular flexibility index (Phi) is 6.43. The van der Waals surface area contributed by atoms with Gasteiger partial charge in [-0.1, -0.05) is 36.4 Å². The molecule has 31 heavy (non-hydrogen) atoms. The first-order chi connectivity index (χ1) is 15.2. The molecule has 1 aliphatic rings. The Balaban J connectivity index is 1.54. The van der Waals surface area contributed by atoms with Gasteiger partial charge >= 0.3 is 5.97 Å². The molecule has 1 aromatic heterocycles. The second-order valence-electron chi connectivity index (χ2n) is 6.92. The number of esters is 1. The molecule has 0 saturated heterocycles. The largest absolute Gasteiger partial charge is 0.482 e. The summed E-state index contributed by atoms with van der Waals surface area (Å²) in [6, 6.07) is 20.8. The lowest BCUT2D eigenvalue weighted by Gasteiger charge is -2.21. The summed E-state index contributed by atoms with van der Waals surface area (Å²) in [6.07, 6.45) is 0.615. The molecule has 0 aliphatic carbocycles. The summed E-state index contributed by atoms with van der Waals surface area (Å²) in [5.41, 5.74) is 2.78. The lowest BCUT2D eigenvalue weighted by Crippen LogP contribution is -2.26. The van der Waals surface area contributed by atoms with Gasteiger partial charge in [0.2, 0.25) is 0 Å². The monoisotopic (exact) mass is 434 g/mol. The van der Waals surface area contributed by atoms with Gasteiger partial charge in [0.05, 0.1) is 23.2 Å². The van der Waals surface area contributed by atoms with Gasteiger partial charge in [-0.25, -0.2) is 9.80 Å². The molecule has 2 heterocycles. The Morgan fingerprint density at radius 2 is 1.84 bits per heavy atom. The highest BCUT2D eigenvalue weighted by atomic mass is 32.1. The van der Waals surface area contributed by atoms with E-state index in [0.717, 1.165) is 16.8 Å². The van der Waals surface area contributed by atoms with Crippen LogP contribution < -0.4 is 4.74 Å². The molecule has 2 aromatic carbocycles. The lowest BCUT2D eigenvalue weighted by molar-refractivity contribution is -0.145. The summed E-state index contributed by atoms with van der Waals surface area (Å²) in [4.78, 5) is 25.2. The zero-order chi connectivity index (χ0) is 21.6. The van der Waals surface area contributed by atoms with Gasteiger partial charge in [0.1, 0.15) is 5.75 Å². The summed E-state index contributed by atoms with van der Waals surface area (Å²) in [5, 5.41) is 8.17. The third-order valence-corrected chi connectivity index (χ3v) is 5.74. The highest BCUT2D eigenvalue weighted by Crippen LogP contribution is 2.34. The second kappa shape index (κ2) is 9.57. The third-order valence-electron chi connectivity index (χ3n) is 4.88. The van der Waals surface area contributed by atoms with Crippen molar-refractivity contribution in [1.82, 2.24) is 5.01 Å². The number of ether oxygens (including phenoxy) is 2. The first kappa shape index (κ1) is 20.8. The highest BCUT2D eigenvalue weighted by Gasteiger charge is 2.33. The van der Waals surface area contributed by atoms with Crippen molar-refractivity contribution in [2.24, 2.45) is 5.10 Å². The van der Waals surface area contributed by atoms with E-state index in [9.17, 15) is 9.59 Å². The number of carbonyl (C=O) groups is 2. The Labute approximate surface area is 184 Å². The molecular formula is C24H22N2O4S. The fourth-order valence-electron chi connectivity index (χ4n) is 3.41. The first-order valence-electron chi connectivity index (χ1n) is 10.0. The van der Waals surface area contributed by atoms with Crippen LogP contribution in [0.25, 0.3) is 0 Å². The van der Waals surface area contributed by atoms with Gasteiger partial charge in [0, 0.05) is 6.42 Å². The number of hydrogen-bond donors (Lipinski definition) is 0. The summed E-state index contributed by atoms with van der Waals surface area (Å²) >= 11 is 1.41. The van der Waals surface area contributed by atoms with Gasteiger partial charge in [-0.3, -0.25) is 4.79 Å². The molecule has 6 nitrogen and oxygen atoms in total. The van der Waals surface area contributed by atoms with Crippen LogP contribution in [0.4, 0.5) is 0 Å². The van der Waals surface area contributed by atoms with Crippen molar-refractivity contribution >= 4 is 28.9 Å². The van der Waals surface area contributed by atoms with Gasteiger partial charge in [0.25, 0.3) is 5.91 Å². The van der Waals surface area contributed by atoms with Crippen LogP contribution in [0.1, 0.15) is 40.2 Å². The van der Waals surface area contributed by atoms with Crippen LogP contribution >= 0.6 is 11.3 Å². The van der Waals surface area contributed by atoms with E-state index in [4.69, 9.17) is 14.6 Å². The minimum Gasteiger partial charge on any atom is -0.482 e. The Morgan fingerprint density at radius 1 is 1.06 bits per heavy atom. The van der Waals surface area contributed by atoms with Crippen molar-refractivity contribution in [2.45, 2.75) is 19.4 Å². The van der Waals surface area contributed by atoms with Crippen molar-refractivity contribution < 1.29 is 19.1 Å². The van der Waals surface area contributed by atoms with E-state index in [0.29, 0.717) is 23.7 Å². The second-order valence-corrected chi connectivity index (χ2v) is 7.87. The van der Waals surface area contributed by atoms with Crippen LogP contribution in [-0.4, -0.2) is 35.8 Å².